The number of aromatic amines is 1. The van der Waals surface area contributed by atoms with E-state index < -0.39 is 0 Å². The number of amides is 1. The highest BCUT2D eigenvalue weighted by Crippen LogP contribution is 2.19. The van der Waals surface area contributed by atoms with Crippen molar-refractivity contribution in [1.82, 2.24) is 25.4 Å². The van der Waals surface area contributed by atoms with Gasteiger partial charge in [0.2, 0.25) is 0 Å². The third-order valence-electron chi connectivity index (χ3n) is 5.07. The largest absolute Gasteiger partial charge is 0.361 e. The molecule has 27 heavy (non-hydrogen) atoms. The fourth-order valence-corrected chi connectivity index (χ4v) is 3.63. The topological polar surface area (TPSA) is 74.7 Å². The number of para-hydroxylation sites is 1. The van der Waals surface area contributed by atoms with Gasteiger partial charge in [0.25, 0.3) is 5.91 Å². The van der Waals surface area contributed by atoms with E-state index in [1.165, 1.54) is 10.9 Å². The van der Waals surface area contributed by atoms with Crippen LogP contribution >= 0.6 is 12.4 Å². The first-order chi connectivity index (χ1) is 12.8. The molecule has 144 valence electrons. The van der Waals surface area contributed by atoms with Crippen LogP contribution < -0.4 is 10.6 Å². The molecule has 0 aliphatic carbocycles. The number of hydrogen-bond acceptors (Lipinski definition) is 3. The van der Waals surface area contributed by atoms with Crippen LogP contribution in [-0.2, 0) is 6.42 Å². The van der Waals surface area contributed by atoms with Crippen molar-refractivity contribution in [3.63, 3.8) is 0 Å². The van der Waals surface area contributed by atoms with Crippen LogP contribution in [0.25, 0.3) is 10.9 Å². The molecule has 1 aliphatic rings. The average molecular weight is 388 g/mol. The van der Waals surface area contributed by atoms with Crippen LogP contribution in [0.15, 0.2) is 42.7 Å². The van der Waals surface area contributed by atoms with E-state index in [-0.39, 0.29) is 18.3 Å². The van der Waals surface area contributed by atoms with Crippen LogP contribution in [0.4, 0.5) is 0 Å². The standard InChI is InChI=1S/C20H25N5O.ClH/c26-20(19-9-12-25(24-19)16-6-4-10-21-14-16)22-11-3-5-15-13-23-18-8-2-1-7-17(15)18;/h1-2,7-9,12-13,16,21,23H,3-6,10-11,14H2,(H,22,26);1H. The average Bonchev–Trinajstić information content (AvgIpc) is 3.33. The summed E-state index contributed by atoms with van der Waals surface area (Å²) in [5.41, 5.74) is 2.96. The maximum Gasteiger partial charge on any atom is 0.271 e. The van der Waals surface area contributed by atoms with Gasteiger partial charge in [-0.15, -0.1) is 12.4 Å². The molecule has 0 bridgehead atoms. The summed E-state index contributed by atoms with van der Waals surface area (Å²) >= 11 is 0. The molecular formula is C20H26ClN5O. The van der Waals surface area contributed by atoms with Gasteiger partial charge in [-0.2, -0.15) is 5.10 Å². The van der Waals surface area contributed by atoms with Crippen LogP contribution in [0.2, 0.25) is 0 Å². The Balaban J connectivity index is 0.00000210. The fraction of sp³-hybridized carbons (Fsp3) is 0.400. The van der Waals surface area contributed by atoms with E-state index in [1.807, 2.05) is 23.0 Å². The smallest absolute Gasteiger partial charge is 0.271 e. The first-order valence-corrected chi connectivity index (χ1v) is 9.40. The van der Waals surface area contributed by atoms with Gasteiger partial charge in [0.05, 0.1) is 6.04 Å². The van der Waals surface area contributed by atoms with Gasteiger partial charge in [0.15, 0.2) is 0 Å². The number of halogens is 1. The maximum atomic E-state index is 12.3. The number of fused-ring (bicyclic) bond motifs is 1. The summed E-state index contributed by atoms with van der Waals surface area (Å²) in [5.74, 6) is -0.0913. The van der Waals surface area contributed by atoms with E-state index in [1.54, 1.807) is 0 Å². The third-order valence-corrected chi connectivity index (χ3v) is 5.07. The lowest BCUT2D eigenvalue weighted by atomic mass is 10.1. The molecule has 7 heteroatoms. The molecule has 1 fully saturated rings. The Bertz CT molecular complexity index is 881. The molecule has 1 amide bonds. The minimum absolute atomic E-state index is 0. The lowest BCUT2D eigenvalue weighted by Crippen LogP contribution is -2.32. The number of H-pyrrole nitrogens is 1. The molecule has 1 aliphatic heterocycles. The second-order valence-corrected chi connectivity index (χ2v) is 6.90. The van der Waals surface area contributed by atoms with Crippen LogP contribution in [0.3, 0.4) is 0 Å². The second kappa shape index (κ2) is 9.06. The molecule has 4 rings (SSSR count). The van der Waals surface area contributed by atoms with Crippen LogP contribution in [0, 0.1) is 0 Å². The zero-order valence-corrected chi connectivity index (χ0v) is 16.1. The molecule has 1 unspecified atom stereocenters. The summed E-state index contributed by atoms with van der Waals surface area (Å²) in [6.07, 6.45) is 8.08. The van der Waals surface area contributed by atoms with E-state index in [0.29, 0.717) is 18.3 Å². The predicted molar refractivity (Wildman–Crippen MR) is 110 cm³/mol. The van der Waals surface area contributed by atoms with Crippen molar-refractivity contribution < 1.29 is 4.79 Å². The van der Waals surface area contributed by atoms with E-state index in [4.69, 9.17) is 0 Å². The van der Waals surface area contributed by atoms with Gasteiger partial charge in [-0.05, 0) is 49.9 Å². The van der Waals surface area contributed by atoms with Gasteiger partial charge in [0, 0.05) is 36.4 Å². The quantitative estimate of drug-likeness (QED) is 0.569. The maximum absolute atomic E-state index is 12.3. The molecule has 6 nitrogen and oxygen atoms in total. The van der Waals surface area contributed by atoms with Crippen molar-refractivity contribution in [2.45, 2.75) is 31.7 Å². The summed E-state index contributed by atoms with van der Waals surface area (Å²) in [5, 5.41) is 12.1. The highest BCUT2D eigenvalue weighted by Gasteiger charge is 2.17. The van der Waals surface area contributed by atoms with Gasteiger partial charge in [-0.25, -0.2) is 0 Å². The van der Waals surface area contributed by atoms with Crippen LogP contribution in [0.5, 0.6) is 0 Å². The first-order valence-electron chi connectivity index (χ1n) is 9.40. The van der Waals surface area contributed by atoms with Crippen molar-refractivity contribution in [3.05, 3.63) is 54.0 Å². The monoisotopic (exact) mass is 387 g/mol. The SMILES string of the molecule is Cl.O=C(NCCCc1c[nH]c2ccccc12)c1ccn(C2CCCNC2)n1. The number of carbonyl (C=O) groups excluding carboxylic acids is 1. The normalized spacial score (nSPS) is 16.8. The summed E-state index contributed by atoms with van der Waals surface area (Å²) in [6, 6.07) is 10.5. The molecule has 3 N–H and O–H groups in total. The lowest BCUT2D eigenvalue weighted by Gasteiger charge is -2.22. The number of benzene rings is 1. The van der Waals surface area contributed by atoms with Crippen molar-refractivity contribution >= 4 is 29.2 Å². The zero-order chi connectivity index (χ0) is 17.8. The Morgan fingerprint density at radius 2 is 2.19 bits per heavy atom. The van der Waals surface area contributed by atoms with Gasteiger partial charge in [-0.1, -0.05) is 18.2 Å². The van der Waals surface area contributed by atoms with E-state index >= 15 is 0 Å². The number of carbonyl (C=O) groups is 1. The Kier molecular flexibility index (Phi) is 6.53. The summed E-state index contributed by atoms with van der Waals surface area (Å²) in [7, 11) is 0. The van der Waals surface area contributed by atoms with Crippen molar-refractivity contribution in [3.8, 4) is 0 Å². The summed E-state index contributed by atoms with van der Waals surface area (Å²) in [4.78, 5) is 15.6. The number of piperidine rings is 1. The fourth-order valence-electron chi connectivity index (χ4n) is 3.63. The Morgan fingerprint density at radius 1 is 1.30 bits per heavy atom. The minimum atomic E-state index is -0.0913. The first kappa shape index (κ1) is 19.5. The Labute approximate surface area is 165 Å². The zero-order valence-electron chi connectivity index (χ0n) is 15.3. The Morgan fingerprint density at radius 3 is 3.04 bits per heavy atom. The lowest BCUT2D eigenvalue weighted by molar-refractivity contribution is 0.0947. The molecule has 1 aromatic carbocycles. The summed E-state index contributed by atoms with van der Waals surface area (Å²) < 4.78 is 1.92. The third kappa shape index (κ3) is 4.51. The molecule has 0 radical (unpaired) electrons. The molecule has 0 spiro atoms. The van der Waals surface area contributed by atoms with E-state index in [9.17, 15) is 4.79 Å². The van der Waals surface area contributed by atoms with E-state index in [0.717, 1.165) is 44.3 Å². The van der Waals surface area contributed by atoms with Gasteiger partial charge in [-0.3, -0.25) is 9.48 Å². The number of aryl methyl sites for hydroxylation is 1. The van der Waals surface area contributed by atoms with E-state index in [2.05, 4.69) is 45.1 Å². The number of rotatable bonds is 6. The van der Waals surface area contributed by atoms with Gasteiger partial charge >= 0.3 is 0 Å². The molecule has 0 saturated carbocycles. The number of nitrogens with one attached hydrogen (secondary N) is 3. The molecule has 3 heterocycles. The molecule has 2 aromatic heterocycles. The van der Waals surface area contributed by atoms with Crippen molar-refractivity contribution in [1.29, 1.82) is 0 Å². The highest BCUT2D eigenvalue weighted by atomic mass is 35.5. The predicted octanol–water partition coefficient (Wildman–Crippen LogP) is 3.07. The van der Waals surface area contributed by atoms with Gasteiger partial charge in [0.1, 0.15) is 5.69 Å². The number of hydrogen-bond donors (Lipinski definition) is 3. The second-order valence-electron chi connectivity index (χ2n) is 6.90. The summed E-state index contributed by atoms with van der Waals surface area (Å²) in [6.45, 7) is 2.64. The van der Waals surface area contributed by atoms with Crippen molar-refractivity contribution in [2.24, 2.45) is 0 Å². The van der Waals surface area contributed by atoms with Crippen molar-refractivity contribution in [2.75, 3.05) is 19.6 Å². The van der Waals surface area contributed by atoms with Crippen LogP contribution in [-0.4, -0.2) is 40.3 Å². The van der Waals surface area contributed by atoms with Gasteiger partial charge < -0.3 is 15.6 Å². The van der Waals surface area contributed by atoms with Crippen LogP contribution in [0.1, 0.15) is 41.4 Å². The molecule has 3 aromatic rings. The minimum Gasteiger partial charge on any atom is -0.361 e. The highest BCUT2D eigenvalue weighted by molar-refractivity contribution is 5.92. The Hall–Kier alpha value is -2.31. The molecule has 1 saturated heterocycles. The molecular weight excluding hydrogens is 362 g/mol. The number of aromatic nitrogens is 3. The molecule has 1 atom stereocenters. The number of nitrogens with zero attached hydrogens (tertiary/aromatic N) is 2.